The minimum absolute atomic E-state index is 0.0886. The third kappa shape index (κ3) is 2.77. The van der Waals surface area contributed by atoms with Crippen molar-refractivity contribution < 1.29 is 18.5 Å². The minimum atomic E-state index is -0.777. The predicted octanol–water partition coefficient (Wildman–Crippen LogP) is 2.63. The zero-order chi connectivity index (χ0) is 17.4. The van der Waals surface area contributed by atoms with Gasteiger partial charge in [-0.15, -0.1) is 0 Å². The molecule has 1 aromatic carbocycles. The Balaban J connectivity index is 1.53. The predicted molar refractivity (Wildman–Crippen MR) is 84.6 cm³/mol. The van der Waals surface area contributed by atoms with E-state index in [0.717, 1.165) is 24.2 Å². The van der Waals surface area contributed by atoms with Crippen LogP contribution in [0.2, 0.25) is 0 Å². The standard InChI is InChI=1S/C17H17FN4O3/c18-12-6-4-5-11(9-12)14-19-13(25-21-14)10-22-15(23)17(20-16(22)24)7-2-1-3-8-17/h4-6,9H,1-3,7-8,10H2,(H,20,24). The van der Waals surface area contributed by atoms with E-state index in [-0.39, 0.29) is 24.2 Å². The van der Waals surface area contributed by atoms with E-state index in [4.69, 9.17) is 4.52 Å². The molecule has 2 aromatic rings. The molecule has 130 valence electrons. The Labute approximate surface area is 143 Å². The summed E-state index contributed by atoms with van der Waals surface area (Å²) in [6, 6.07) is 5.38. The summed E-state index contributed by atoms with van der Waals surface area (Å²) in [5.74, 6) is -0.288. The topological polar surface area (TPSA) is 88.3 Å². The fourth-order valence-electron chi connectivity index (χ4n) is 3.51. The van der Waals surface area contributed by atoms with E-state index in [9.17, 15) is 14.0 Å². The molecule has 1 aliphatic heterocycles. The smallest absolute Gasteiger partial charge is 0.325 e. The van der Waals surface area contributed by atoms with Gasteiger partial charge in [0.1, 0.15) is 17.9 Å². The molecule has 0 radical (unpaired) electrons. The van der Waals surface area contributed by atoms with Gasteiger partial charge in [-0.2, -0.15) is 4.98 Å². The van der Waals surface area contributed by atoms with Crippen LogP contribution in [0.4, 0.5) is 9.18 Å². The van der Waals surface area contributed by atoms with Gasteiger partial charge in [-0.05, 0) is 25.0 Å². The van der Waals surface area contributed by atoms with Crippen LogP contribution in [0.3, 0.4) is 0 Å². The summed E-state index contributed by atoms with van der Waals surface area (Å²) in [6.45, 7) is -0.0886. The zero-order valence-electron chi connectivity index (χ0n) is 13.5. The summed E-state index contributed by atoms with van der Waals surface area (Å²) in [5.41, 5.74) is -0.309. The molecule has 1 aliphatic carbocycles. The first kappa shape index (κ1) is 15.7. The second kappa shape index (κ2) is 5.94. The number of benzene rings is 1. The third-order valence-corrected chi connectivity index (χ3v) is 4.80. The Morgan fingerprint density at radius 2 is 2.04 bits per heavy atom. The molecule has 1 spiro atoms. The van der Waals surface area contributed by atoms with Crippen LogP contribution < -0.4 is 5.32 Å². The number of aromatic nitrogens is 2. The number of nitrogens with one attached hydrogen (secondary N) is 1. The largest absolute Gasteiger partial charge is 0.337 e. The third-order valence-electron chi connectivity index (χ3n) is 4.80. The lowest BCUT2D eigenvalue weighted by Crippen LogP contribution is -2.48. The van der Waals surface area contributed by atoms with Crippen LogP contribution in [0, 0.1) is 5.82 Å². The molecular formula is C17H17FN4O3. The van der Waals surface area contributed by atoms with Crippen LogP contribution in [0.1, 0.15) is 38.0 Å². The highest BCUT2D eigenvalue weighted by Gasteiger charge is 2.51. The fraction of sp³-hybridized carbons (Fsp3) is 0.412. The van der Waals surface area contributed by atoms with Crippen molar-refractivity contribution in [1.82, 2.24) is 20.4 Å². The molecular weight excluding hydrogens is 327 g/mol. The summed E-state index contributed by atoms with van der Waals surface area (Å²) in [4.78, 5) is 30.2. The molecule has 2 aliphatic rings. The van der Waals surface area contributed by atoms with Gasteiger partial charge in [0, 0.05) is 5.56 Å². The number of hydrogen-bond donors (Lipinski definition) is 1. The summed E-state index contributed by atoms with van der Waals surface area (Å²) in [7, 11) is 0. The maximum Gasteiger partial charge on any atom is 0.325 e. The van der Waals surface area contributed by atoms with E-state index >= 15 is 0 Å². The Hall–Kier alpha value is -2.77. The SMILES string of the molecule is O=C1NC2(CCCCC2)C(=O)N1Cc1nc(-c2cccc(F)c2)no1. The molecule has 3 amide bonds. The van der Waals surface area contributed by atoms with Gasteiger partial charge in [0.2, 0.25) is 11.7 Å². The van der Waals surface area contributed by atoms with Gasteiger partial charge in [-0.25, -0.2) is 9.18 Å². The van der Waals surface area contributed by atoms with E-state index in [1.165, 1.54) is 12.1 Å². The highest BCUT2D eigenvalue weighted by atomic mass is 19.1. The first-order valence-corrected chi connectivity index (χ1v) is 8.30. The molecule has 4 rings (SSSR count). The van der Waals surface area contributed by atoms with Crippen molar-refractivity contribution >= 4 is 11.9 Å². The van der Waals surface area contributed by atoms with Crippen molar-refractivity contribution in [2.75, 3.05) is 0 Å². The Morgan fingerprint density at radius 1 is 1.24 bits per heavy atom. The number of amides is 3. The number of urea groups is 1. The van der Waals surface area contributed by atoms with E-state index in [0.29, 0.717) is 18.4 Å². The number of imide groups is 1. The average molecular weight is 344 g/mol. The number of carbonyl (C=O) groups excluding carboxylic acids is 2. The number of nitrogens with zero attached hydrogens (tertiary/aromatic N) is 3. The number of halogens is 1. The van der Waals surface area contributed by atoms with Crippen LogP contribution in [0.5, 0.6) is 0 Å². The fourth-order valence-corrected chi connectivity index (χ4v) is 3.51. The lowest BCUT2D eigenvalue weighted by atomic mass is 9.82. The van der Waals surface area contributed by atoms with Crippen molar-refractivity contribution in [2.45, 2.75) is 44.2 Å². The van der Waals surface area contributed by atoms with Crippen LogP contribution in [0.15, 0.2) is 28.8 Å². The molecule has 1 N–H and O–H groups in total. The van der Waals surface area contributed by atoms with Gasteiger partial charge in [-0.3, -0.25) is 9.69 Å². The molecule has 25 heavy (non-hydrogen) atoms. The van der Waals surface area contributed by atoms with E-state index in [2.05, 4.69) is 15.5 Å². The molecule has 0 bridgehead atoms. The van der Waals surface area contributed by atoms with Crippen molar-refractivity contribution in [3.05, 3.63) is 36.0 Å². The highest BCUT2D eigenvalue weighted by molar-refractivity contribution is 6.06. The first-order valence-electron chi connectivity index (χ1n) is 8.30. The lowest BCUT2D eigenvalue weighted by Gasteiger charge is -2.30. The molecule has 0 unspecified atom stereocenters. The van der Waals surface area contributed by atoms with Gasteiger partial charge in [0.15, 0.2) is 0 Å². The van der Waals surface area contributed by atoms with Crippen LogP contribution in [-0.2, 0) is 11.3 Å². The van der Waals surface area contributed by atoms with Crippen molar-refractivity contribution in [3.8, 4) is 11.4 Å². The van der Waals surface area contributed by atoms with Crippen molar-refractivity contribution in [1.29, 1.82) is 0 Å². The lowest BCUT2D eigenvalue weighted by molar-refractivity contribution is -0.133. The van der Waals surface area contributed by atoms with E-state index in [1.54, 1.807) is 12.1 Å². The highest BCUT2D eigenvalue weighted by Crippen LogP contribution is 2.34. The summed E-state index contributed by atoms with van der Waals surface area (Å²) in [6.07, 6.45) is 4.23. The molecule has 1 aromatic heterocycles. The van der Waals surface area contributed by atoms with Gasteiger partial charge >= 0.3 is 6.03 Å². The normalized spacial score (nSPS) is 19.5. The second-order valence-electron chi connectivity index (χ2n) is 6.49. The summed E-state index contributed by atoms with van der Waals surface area (Å²) in [5, 5.41) is 6.63. The average Bonchev–Trinajstić information content (AvgIpc) is 3.16. The van der Waals surface area contributed by atoms with Gasteiger partial charge in [0.05, 0.1) is 0 Å². The summed E-state index contributed by atoms with van der Waals surface area (Å²) < 4.78 is 18.4. The number of rotatable bonds is 3. The van der Waals surface area contributed by atoms with E-state index < -0.39 is 17.4 Å². The quantitative estimate of drug-likeness (QED) is 0.865. The van der Waals surface area contributed by atoms with Gasteiger partial charge in [-0.1, -0.05) is 36.6 Å². The van der Waals surface area contributed by atoms with Gasteiger partial charge < -0.3 is 9.84 Å². The Bertz CT molecular complexity index is 829. The van der Waals surface area contributed by atoms with Crippen molar-refractivity contribution in [2.24, 2.45) is 0 Å². The first-order chi connectivity index (χ1) is 12.1. The van der Waals surface area contributed by atoms with Crippen LogP contribution >= 0.6 is 0 Å². The molecule has 7 nitrogen and oxygen atoms in total. The molecule has 8 heteroatoms. The molecule has 2 heterocycles. The minimum Gasteiger partial charge on any atom is -0.337 e. The number of carbonyl (C=O) groups is 2. The molecule has 0 atom stereocenters. The maximum atomic E-state index is 13.3. The van der Waals surface area contributed by atoms with Crippen LogP contribution in [0.25, 0.3) is 11.4 Å². The maximum absolute atomic E-state index is 13.3. The summed E-state index contributed by atoms with van der Waals surface area (Å²) >= 11 is 0. The zero-order valence-corrected chi connectivity index (χ0v) is 13.5. The van der Waals surface area contributed by atoms with E-state index in [1.807, 2.05) is 0 Å². The Morgan fingerprint density at radius 3 is 2.80 bits per heavy atom. The van der Waals surface area contributed by atoms with Crippen LogP contribution in [-0.4, -0.2) is 32.5 Å². The molecule has 2 fully saturated rings. The number of hydrogen-bond acceptors (Lipinski definition) is 5. The monoisotopic (exact) mass is 344 g/mol. The molecule has 1 saturated carbocycles. The second-order valence-corrected chi connectivity index (χ2v) is 6.49. The van der Waals surface area contributed by atoms with Crippen molar-refractivity contribution in [3.63, 3.8) is 0 Å². The van der Waals surface area contributed by atoms with Gasteiger partial charge in [0.25, 0.3) is 5.91 Å². The Kier molecular flexibility index (Phi) is 3.74. The molecule has 1 saturated heterocycles.